The maximum atomic E-state index is 10.2. The Kier molecular flexibility index (Phi) is 3.27. The van der Waals surface area contributed by atoms with Crippen molar-refractivity contribution in [3.63, 3.8) is 0 Å². The van der Waals surface area contributed by atoms with E-state index in [4.69, 9.17) is 5.73 Å². The Morgan fingerprint density at radius 3 is 2.00 bits per heavy atom. The second-order valence-electron chi connectivity index (χ2n) is 6.03. The largest absolute Gasteiger partial charge is 0.388 e. The highest BCUT2D eigenvalue weighted by molar-refractivity contribution is 4.93. The Labute approximate surface area is 87.9 Å². The molecule has 0 aromatic carbocycles. The van der Waals surface area contributed by atoms with Crippen molar-refractivity contribution in [2.75, 3.05) is 0 Å². The zero-order valence-electron chi connectivity index (χ0n) is 10.0. The Morgan fingerprint density at radius 1 is 1.29 bits per heavy atom. The summed E-state index contributed by atoms with van der Waals surface area (Å²) in [4.78, 5) is 0. The van der Waals surface area contributed by atoms with E-state index in [-0.39, 0.29) is 6.04 Å². The average Bonchev–Trinajstić information content (AvgIpc) is 2.03. The Hall–Kier alpha value is -0.0800. The summed E-state index contributed by atoms with van der Waals surface area (Å²) in [5.74, 6) is 0.738. The fourth-order valence-corrected chi connectivity index (χ4v) is 2.44. The van der Waals surface area contributed by atoms with E-state index in [2.05, 4.69) is 20.8 Å². The normalized spacial score (nSPS) is 36.9. The quantitative estimate of drug-likeness (QED) is 0.680. The third-order valence-electron chi connectivity index (χ3n) is 3.92. The molecule has 1 unspecified atom stereocenters. The molecule has 1 rings (SSSR count). The maximum Gasteiger partial charge on any atom is 0.0795 e. The van der Waals surface area contributed by atoms with Crippen molar-refractivity contribution in [3.8, 4) is 0 Å². The molecular formula is C12H25NO. The molecule has 0 aromatic heterocycles. The van der Waals surface area contributed by atoms with Gasteiger partial charge >= 0.3 is 0 Å². The molecule has 0 saturated heterocycles. The van der Waals surface area contributed by atoms with Crippen LogP contribution in [0.4, 0.5) is 0 Å². The molecular weight excluding hydrogens is 174 g/mol. The van der Waals surface area contributed by atoms with E-state index in [1.165, 1.54) is 0 Å². The molecule has 3 N–H and O–H groups in total. The van der Waals surface area contributed by atoms with Gasteiger partial charge in [0.15, 0.2) is 0 Å². The molecule has 1 fully saturated rings. The zero-order valence-corrected chi connectivity index (χ0v) is 10.0. The molecule has 2 heteroatoms. The van der Waals surface area contributed by atoms with Gasteiger partial charge in [-0.1, -0.05) is 20.8 Å². The monoisotopic (exact) mass is 199 g/mol. The lowest BCUT2D eigenvalue weighted by molar-refractivity contribution is -0.0400. The molecule has 0 spiro atoms. The standard InChI is InChI=1S/C12H25NO/c1-9(13)12(14)7-5-10(6-8-12)11(2,3)4/h9-10,14H,5-8,13H2,1-4H3. The molecule has 1 saturated carbocycles. The lowest BCUT2D eigenvalue weighted by atomic mass is 9.67. The van der Waals surface area contributed by atoms with E-state index < -0.39 is 5.60 Å². The van der Waals surface area contributed by atoms with Crippen molar-refractivity contribution in [2.24, 2.45) is 17.1 Å². The first kappa shape index (κ1) is 12.0. The van der Waals surface area contributed by atoms with Crippen LogP contribution in [0.15, 0.2) is 0 Å². The highest BCUT2D eigenvalue weighted by Gasteiger charge is 2.39. The molecule has 0 heterocycles. The maximum absolute atomic E-state index is 10.2. The van der Waals surface area contributed by atoms with Gasteiger partial charge in [0.1, 0.15) is 0 Å². The predicted octanol–water partition coefficient (Wildman–Crippen LogP) is 2.30. The van der Waals surface area contributed by atoms with E-state index in [9.17, 15) is 5.11 Å². The third kappa shape index (κ3) is 2.48. The minimum absolute atomic E-state index is 0.0941. The van der Waals surface area contributed by atoms with E-state index >= 15 is 0 Å². The van der Waals surface area contributed by atoms with Crippen LogP contribution in [0.2, 0.25) is 0 Å². The zero-order chi connectivity index (χ0) is 11.0. The van der Waals surface area contributed by atoms with Crippen LogP contribution >= 0.6 is 0 Å². The van der Waals surface area contributed by atoms with Crippen LogP contribution in [0.3, 0.4) is 0 Å². The van der Waals surface area contributed by atoms with E-state index in [1.54, 1.807) is 0 Å². The number of hydrogen-bond acceptors (Lipinski definition) is 2. The second kappa shape index (κ2) is 3.82. The first-order valence-electron chi connectivity index (χ1n) is 5.74. The summed E-state index contributed by atoms with van der Waals surface area (Å²) in [6, 6.07) is -0.0941. The van der Waals surface area contributed by atoms with Crippen LogP contribution in [0, 0.1) is 11.3 Å². The first-order chi connectivity index (χ1) is 6.26. The lowest BCUT2D eigenvalue weighted by Crippen LogP contribution is -2.49. The van der Waals surface area contributed by atoms with Gasteiger partial charge in [0.2, 0.25) is 0 Å². The fourth-order valence-electron chi connectivity index (χ4n) is 2.44. The highest BCUT2D eigenvalue weighted by Crippen LogP contribution is 2.42. The van der Waals surface area contributed by atoms with Crippen LogP contribution in [0.25, 0.3) is 0 Å². The fraction of sp³-hybridized carbons (Fsp3) is 1.00. The van der Waals surface area contributed by atoms with Crippen molar-refractivity contribution in [3.05, 3.63) is 0 Å². The number of nitrogens with two attached hydrogens (primary N) is 1. The molecule has 2 nitrogen and oxygen atoms in total. The Bertz CT molecular complexity index is 185. The van der Waals surface area contributed by atoms with Gasteiger partial charge in [-0.25, -0.2) is 0 Å². The topological polar surface area (TPSA) is 46.2 Å². The number of rotatable bonds is 1. The smallest absolute Gasteiger partial charge is 0.0795 e. The van der Waals surface area contributed by atoms with Crippen molar-refractivity contribution in [1.29, 1.82) is 0 Å². The summed E-state index contributed by atoms with van der Waals surface area (Å²) in [6.45, 7) is 8.77. The molecule has 14 heavy (non-hydrogen) atoms. The van der Waals surface area contributed by atoms with Gasteiger partial charge in [-0.2, -0.15) is 0 Å². The molecule has 0 radical (unpaired) electrons. The van der Waals surface area contributed by atoms with Gasteiger partial charge in [-0.3, -0.25) is 0 Å². The Balaban J connectivity index is 2.54. The summed E-state index contributed by atoms with van der Waals surface area (Å²) in [6.07, 6.45) is 3.96. The average molecular weight is 199 g/mol. The SMILES string of the molecule is CC(N)C1(O)CCC(C(C)(C)C)CC1. The van der Waals surface area contributed by atoms with Gasteiger partial charge in [-0.05, 0) is 43.9 Å². The molecule has 0 aromatic rings. The Morgan fingerprint density at radius 2 is 1.71 bits per heavy atom. The van der Waals surface area contributed by atoms with Crippen molar-refractivity contribution in [1.82, 2.24) is 0 Å². The molecule has 1 aliphatic carbocycles. The van der Waals surface area contributed by atoms with Gasteiger partial charge in [0.05, 0.1) is 5.60 Å². The van der Waals surface area contributed by atoms with Crippen LogP contribution in [0.1, 0.15) is 53.4 Å². The summed E-state index contributed by atoms with van der Waals surface area (Å²) in [5.41, 5.74) is 5.58. The van der Waals surface area contributed by atoms with Gasteiger partial charge in [-0.15, -0.1) is 0 Å². The van der Waals surface area contributed by atoms with Gasteiger partial charge in [0, 0.05) is 6.04 Å². The number of aliphatic hydroxyl groups is 1. The van der Waals surface area contributed by atoms with Crippen LogP contribution in [-0.4, -0.2) is 16.7 Å². The number of hydrogen-bond donors (Lipinski definition) is 2. The van der Waals surface area contributed by atoms with Gasteiger partial charge < -0.3 is 10.8 Å². The van der Waals surface area contributed by atoms with Crippen LogP contribution in [0.5, 0.6) is 0 Å². The molecule has 0 amide bonds. The summed E-state index contributed by atoms with van der Waals surface area (Å²) >= 11 is 0. The molecule has 1 atom stereocenters. The van der Waals surface area contributed by atoms with Crippen molar-refractivity contribution in [2.45, 2.75) is 65.0 Å². The van der Waals surface area contributed by atoms with Gasteiger partial charge in [0.25, 0.3) is 0 Å². The van der Waals surface area contributed by atoms with Crippen LogP contribution in [-0.2, 0) is 0 Å². The molecule has 0 aliphatic heterocycles. The van der Waals surface area contributed by atoms with Crippen molar-refractivity contribution < 1.29 is 5.11 Å². The van der Waals surface area contributed by atoms with Crippen molar-refractivity contribution >= 4 is 0 Å². The van der Waals surface area contributed by atoms with E-state index in [1.807, 2.05) is 6.92 Å². The molecule has 0 bridgehead atoms. The van der Waals surface area contributed by atoms with E-state index in [0.29, 0.717) is 5.41 Å². The summed E-state index contributed by atoms with van der Waals surface area (Å²) < 4.78 is 0. The second-order valence-corrected chi connectivity index (χ2v) is 6.03. The molecule has 1 aliphatic rings. The predicted molar refractivity (Wildman–Crippen MR) is 60.0 cm³/mol. The summed E-state index contributed by atoms with van der Waals surface area (Å²) in [5, 5.41) is 10.2. The minimum atomic E-state index is -0.595. The minimum Gasteiger partial charge on any atom is -0.388 e. The lowest BCUT2D eigenvalue weighted by Gasteiger charge is -2.43. The third-order valence-corrected chi connectivity index (χ3v) is 3.92. The molecule has 84 valence electrons. The highest BCUT2D eigenvalue weighted by atomic mass is 16.3. The first-order valence-corrected chi connectivity index (χ1v) is 5.74. The summed E-state index contributed by atoms with van der Waals surface area (Å²) in [7, 11) is 0. The van der Waals surface area contributed by atoms with E-state index in [0.717, 1.165) is 31.6 Å². The van der Waals surface area contributed by atoms with Crippen LogP contribution < -0.4 is 5.73 Å².